The zero-order chi connectivity index (χ0) is 19.7. The molecule has 2 heteroatoms. The Morgan fingerprint density at radius 3 is 0.786 bits per heavy atom. The average molecular weight is 400 g/mol. The highest BCUT2D eigenvalue weighted by atomic mass is 16.5. The summed E-state index contributed by atoms with van der Waals surface area (Å²) >= 11 is 0. The van der Waals surface area contributed by atoms with Crippen molar-refractivity contribution in [3.8, 4) is 0 Å². The van der Waals surface area contributed by atoms with Gasteiger partial charge in [-0.2, -0.15) is 0 Å². The lowest BCUT2D eigenvalue weighted by atomic mass is 10.1. The molecule has 0 amide bonds. The van der Waals surface area contributed by atoms with Gasteiger partial charge in [-0.1, -0.05) is 142 Å². The normalized spacial score (nSPS) is 10.9. The van der Waals surface area contributed by atoms with Crippen LogP contribution in [0.5, 0.6) is 0 Å². The first kappa shape index (κ1) is 30.1. The number of unbranched alkanes of at least 4 members (excludes halogenated alkanes) is 20. The van der Waals surface area contributed by atoms with Gasteiger partial charge in [-0.3, -0.25) is 0 Å². The molecule has 0 aliphatic rings. The molecule has 0 atom stereocenters. The molecule has 0 fully saturated rings. The number of ether oxygens (including phenoxy) is 1. The maximum Gasteiger partial charge on any atom is 0.0466 e. The maximum absolute atomic E-state index is 5.80. The summed E-state index contributed by atoms with van der Waals surface area (Å²) in [6.45, 7) is 6.58. The van der Waals surface area contributed by atoms with Gasteiger partial charge in [-0.25, -0.2) is 0 Å². The molecule has 28 heavy (non-hydrogen) atoms. The molecular formula is C26H57NO. The third-order valence-electron chi connectivity index (χ3n) is 5.78. The van der Waals surface area contributed by atoms with Gasteiger partial charge < -0.3 is 10.9 Å². The van der Waals surface area contributed by atoms with Crippen molar-refractivity contribution in [2.24, 2.45) is 0 Å². The molecule has 0 saturated carbocycles. The minimum Gasteiger partial charge on any atom is -0.381 e. The fraction of sp³-hybridized carbons (Fsp3) is 1.00. The van der Waals surface area contributed by atoms with Crippen LogP contribution in [-0.4, -0.2) is 13.2 Å². The van der Waals surface area contributed by atoms with E-state index in [1.165, 1.54) is 141 Å². The molecule has 0 aromatic carbocycles. The van der Waals surface area contributed by atoms with E-state index in [1.807, 2.05) is 0 Å². The quantitative estimate of drug-likeness (QED) is 0.164. The van der Waals surface area contributed by atoms with Crippen LogP contribution in [0.4, 0.5) is 0 Å². The SMILES string of the molecule is CCCCCCCCCCCCCOCCCCCCCCCCCCC.N. The summed E-state index contributed by atoms with van der Waals surface area (Å²) in [5.74, 6) is 0. The highest BCUT2D eigenvalue weighted by Gasteiger charge is 1.95. The Balaban J connectivity index is 0. The van der Waals surface area contributed by atoms with Crippen LogP contribution >= 0.6 is 0 Å². The van der Waals surface area contributed by atoms with E-state index in [1.54, 1.807) is 0 Å². The van der Waals surface area contributed by atoms with Crippen LogP contribution in [0.1, 0.15) is 155 Å². The lowest BCUT2D eigenvalue weighted by Crippen LogP contribution is -1.97. The number of rotatable bonds is 24. The Kier molecular flexibility index (Phi) is 31.3. The van der Waals surface area contributed by atoms with Gasteiger partial charge in [0.2, 0.25) is 0 Å². The summed E-state index contributed by atoms with van der Waals surface area (Å²) in [4.78, 5) is 0. The fourth-order valence-electron chi connectivity index (χ4n) is 3.84. The summed E-state index contributed by atoms with van der Waals surface area (Å²) in [6, 6.07) is 0. The summed E-state index contributed by atoms with van der Waals surface area (Å²) in [5.41, 5.74) is 0. The first-order chi connectivity index (χ1) is 13.4. The second-order valence-electron chi connectivity index (χ2n) is 8.68. The predicted molar refractivity (Wildman–Crippen MR) is 129 cm³/mol. The van der Waals surface area contributed by atoms with Gasteiger partial charge in [0, 0.05) is 13.2 Å². The molecule has 0 heterocycles. The molecule has 0 aliphatic carbocycles. The zero-order valence-electron chi connectivity index (χ0n) is 20.1. The van der Waals surface area contributed by atoms with E-state index in [-0.39, 0.29) is 6.15 Å². The highest BCUT2D eigenvalue weighted by molar-refractivity contribution is 4.49. The van der Waals surface area contributed by atoms with Crippen molar-refractivity contribution in [2.45, 2.75) is 155 Å². The summed E-state index contributed by atoms with van der Waals surface area (Å²) in [5, 5.41) is 0. The minimum atomic E-state index is 0. The van der Waals surface area contributed by atoms with Gasteiger partial charge in [-0.15, -0.1) is 0 Å². The molecule has 0 radical (unpaired) electrons. The predicted octanol–water partition coefficient (Wildman–Crippen LogP) is 9.79. The van der Waals surface area contributed by atoms with Crippen molar-refractivity contribution in [3.63, 3.8) is 0 Å². The molecule has 0 rings (SSSR count). The molecule has 3 N–H and O–H groups in total. The van der Waals surface area contributed by atoms with Crippen LogP contribution in [0.25, 0.3) is 0 Å². The van der Waals surface area contributed by atoms with Crippen molar-refractivity contribution in [3.05, 3.63) is 0 Å². The smallest absolute Gasteiger partial charge is 0.0466 e. The van der Waals surface area contributed by atoms with Crippen molar-refractivity contribution >= 4 is 0 Å². The monoisotopic (exact) mass is 399 g/mol. The van der Waals surface area contributed by atoms with Gasteiger partial charge >= 0.3 is 0 Å². The first-order valence-corrected chi connectivity index (χ1v) is 13.0. The number of hydrogen-bond acceptors (Lipinski definition) is 2. The van der Waals surface area contributed by atoms with Gasteiger partial charge in [0.15, 0.2) is 0 Å². The second-order valence-corrected chi connectivity index (χ2v) is 8.68. The van der Waals surface area contributed by atoms with Crippen LogP contribution in [0.2, 0.25) is 0 Å². The van der Waals surface area contributed by atoms with E-state index >= 15 is 0 Å². The van der Waals surface area contributed by atoms with Crippen molar-refractivity contribution < 1.29 is 4.74 Å². The molecule has 172 valence electrons. The van der Waals surface area contributed by atoms with Crippen LogP contribution in [0.3, 0.4) is 0 Å². The summed E-state index contributed by atoms with van der Waals surface area (Å²) < 4.78 is 5.80. The molecular weight excluding hydrogens is 342 g/mol. The topological polar surface area (TPSA) is 44.2 Å². The molecule has 0 aromatic heterocycles. The Hall–Kier alpha value is -0.0800. The largest absolute Gasteiger partial charge is 0.381 e. The van der Waals surface area contributed by atoms with E-state index in [0.717, 1.165) is 13.2 Å². The molecule has 2 nitrogen and oxygen atoms in total. The van der Waals surface area contributed by atoms with Crippen LogP contribution in [-0.2, 0) is 4.74 Å². The van der Waals surface area contributed by atoms with Crippen molar-refractivity contribution in [1.82, 2.24) is 6.15 Å². The summed E-state index contributed by atoms with van der Waals surface area (Å²) in [7, 11) is 0. The van der Waals surface area contributed by atoms with Crippen LogP contribution < -0.4 is 6.15 Å². The van der Waals surface area contributed by atoms with E-state index in [2.05, 4.69) is 13.8 Å². The third-order valence-corrected chi connectivity index (χ3v) is 5.78. The van der Waals surface area contributed by atoms with E-state index in [9.17, 15) is 0 Å². The molecule has 0 saturated heterocycles. The van der Waals surface area contributed by atoms with E-state index in [0.29, 0.717) is 0 Å². The molecule has 0 aliphatic heterocycles. The summed E-state index contributed by atoms with van der Waals surface area (Å²) in [6.07, 6.45) is 31.1. The Morgan fingerprint density at radius 1 is 0.321 bits per heavy atom. The van der Waals surface area contributed by atoms with E-state index < -0.39 is 0 Å². The van der Waals surface area contributed by atoms with Crippen LogP contribution in [0, 0.1) is 0 Å². The number of hydrogen-bond donors (Lipinski definition) is 1. The van der Waals surface area contributed by atoms with Crippen molar-refractivity contribution in [1.29, 1.82) is 0 Å². The zero-order valence-corrected chi connectivity index (χ0v) is 20.1. The van der Waals surface area contributed by atoms with Gasteiger partial charge in [0.25, 0.3) is 0 Å². The van der Waals surface area contributed by atoms with Gasteiger partial charge in [-0.05, 0) is 12.8 Å². The first-order valence-electron chi connectivity index (χ1n) is 13.0. The third kappa shape index (κ3) is 28.1. The van der Waals surface area contributed by atoms with Gasteiger partial charge in [0.1, 0.15) is 0 Å². The fourth-order valence-corrected chi connectivity index (χ4v) is 3.84. The Labute approximate surface area is 179 Å². The van der Waals surface area contributed by atoms with Gasteiger partial charge in [0.05, 0.1) is 0 Å². The lowest BCUT2D eigenvalue weighted by molar-refractivity contribution is 0.125. The average Bonchev–Trinajstić information content (AvgIpc) is 2.68. The molecule has 0 unspecified atom stereocenters. The maximum atomic E-state index is 5.80. The molecule has 0 bridgehead atoms. The minimum absolute atomic E-state index is 0. The Bertz CT molecular complexity index is 221. The standard InChI is InChI=1S/C26H54O.H3N/c1-3-5-7-9-11-13-15-17-19-21-23-25-27-26-24-22-20-18-16-14-12-10-8-6-4-2;/h3-26H2,1-2H3;1H3. The van der Waals surface area contributed by atoms with Crippen molar-refractivity contribution in [2.75, 3.05) is 13.2 Å². The Morgan fingerprint density at radius 2 is 0.536 bits per heavy atom. The molecule has 0 spiro atoms. The highest BCUT2D eigenvalue weighted by Crippen LogP contribution is 2.12. The lowest BCUT2D eigenvalue weighted by Gasteiger charge is -2.05. The van der Waals surface area contributed by atoms with Crippen LogP contribution in [0.15, 0.2) is 0 Å². The van der Waals surface area contributed by atoms with E-state index in [4.69, 9.17) is 4.74 Å². The molecule has 0 aromatic rings. The second kappa shape index (κ2) is 29.1.